The lowest BCUT2D eigenvalue weighted by molar-refractivity contribution is 0.0697. The number of halogens is 1. The lowest BCUT2D eigenvalue weighted by Crippen LogP contribution is -2.05. The van der Waals surface area contributed by atoms with Gasteiger partial charge in [-0.15, -0.1) is 0 Å². The molecule has 0 aliphatic carbocycles. The first kappa shape index (κ1) is 15.5. The van der Waals surface area contributed by atoms with Crippen molar-refractivity contribution in [2.45, 2.75) is 26.2 Å². The molecule has 0 fully saturated rings. The van der Waals surface area contributed by atoms with Crippen LogP contribution in [0.5, 0.6) is 0 Å². The van der Waals surface area contributed by atoms with Gasteiger partial charge in [0, 0.05) is 16.4 Å². The van der Waals surface area contributed by atoms with Crippen LogP contribution >= 0.6 is 15.9 Å². The molecule has 2 aromatic rings. The van der Waals surface area contributed by atoms with Crippen molar-refractivity contribution < 1.29 is 9.90 Å². The van der Waals surface area contributed by atoms with Gasteiger partial charge in [0.05, 0.1) is 0 Å². The highest BCUT2D eigenvalue weighted by Crippen LogP contribution is 2.22. The minimum Gasteiger partial charge on any atom is -0.478 e. The van der Waals surface area contributed by atoms with Crippen LogP contribution in [0.1, 0.15) is 35.7 Å². The standard InChI is InChI=1S/C16H17BrN2O2/c1-2-3-4-11-5-7-13(8-6-11)19-15-14(16(20)21)9-12(17)10-18-15/h5-10H,2-4H2,1H3,(H,18,19)(H,20,21). The Hall–Kier alpha value is -1.88. The summed E-state index contributed by atoms with van der Waals surface area (Å²) in [5.41, 5.74) is 2.25. The first-order chi connectivity index (χ1) is 10.1. The van der Waals surface area contributed by atoms with Crippen LogP contribution in [0.4, 0.5) is 11.5 Å². The van der Waals surface area contributed by atoms with Crippen molar-refractivity contribution >= 4 is 33.4 Å². The molecule has 0 atom stereocenters. The van der Waals surface area contributed by atoms with E-state index in [1.165, 1.54) is 24.5 Å². The van der Waals surface area contributed by atoms with E-state index in [1.54, 1.807) is 6.20 Å². The van der Waals surface area contributed by atoms with Crippen LogP contribution in [0.15, 0.2) is 41.0 Å². The summed E-state index contributed by atoms with van der Waals surface area (Å²) >= 11 is 3.23. The van der Waals surface area contributed by atoms with Gasteiger partial charge in [-0.2, -0.15) is 0 Å². The first-order valence-electron chi connectivity index (χ1n) is 6.85. The van der Waals surface area contributed by atoms with Gasteiger partial charge in [-0.1, -0.05) is 25.5 Å². The molecule has 0 unspecified atom stereocenters. The third kappa shape index (κ3) is 4.29. The average Bonchev–Trinajstić information content (AvgIpc) is 2.48. The molecule has 0 saturated heterocycles. The van der Waals surface area contributed by atoms with Crippen molar-refractivity contribution in [1.29, 1.82) is 0 Å². The fraction of sp³-hybridized carbons (Fsp3) is 0.250. The van der Waals surface area contributed by atoms with Crippen molar-refractivity contribution in [3.8, 4) is 0 Å². The summed E-state index contributed by atoms with van der Waals surface area (Å²) in [5.74, 6) is -0.669. The molecule has 0 aliphatic heterocycles. The maximum Gasteiger partial charge on any atom is 0.339 e. The highest BCUT2D eigenvalue weighted by molar-refractivity contribution is 9.10. The number of aromatic nitrogens is 1. The number of pyridine rings is 1. The minimum atomic E-state index is -1.01. The van der Waals surface area contributed by atoms with Crippen LogP contribution in [0.2, 0.25) is 0 Å². The maximum atomic E-state index is 11.2. The van der Waals surface area contributed by atoms with E-state index in [2.05, 4.69) is 45.3 Å². The molecule has 0 radical (unpaired) electrons. The number of nitrogens with one attached hydrogen (secondary N) is 1. The summed E-state index contributed by atoms with van der Waals surface area (Å²) in [6, 6.07) is 9.53. The van der Waals surface area contributed by atoms with Crippen LogP contribution in [0, 0.1) is 0 Å². The van der Waals surface area contributed by atoms with Gasteiger partial charge in [-0.3, -0.25) is 0 Å². The number of unbranched alkanes of at least 4 members (excludes halogenated alkanes) is 1. The van der Waals surface area contributed by atoms with E-state index in [0.717, 1.165) is 12.1 Å². The van der Waals surface area contributed by atoms with Crippen molar-refractivity contribution in [3.05, 3.63) is 52.1 Å². The Balaban J connectivity index is 2.16. The SMILES string of the molecule is CCCCc1ccc(Nc2ncc(Br)cc2C(=O)O)cc1. The van der Waals surface area contributed by atoms with Crippen molar-refractivity contribution in [1.82, 2.24) is 4.98 Å². The molecule has 1 aromatic heterocycles. The summed E-state index contributed by atoms with van der Waals surface area (Å²) in [7, 11) is 0. The lowest BCUT2D eigenvalue weighted by atomic mass is 10.1. The summed E-state index contributed by atoms with van der Waals surface area (Å²) in [6.07, 6.45) is 4.98. The Morgan fingerprint density at radius 1 is 1.33 bits per heavy atom. The molecule has 21 heavy (non-hydrogen) atoms. The number of nitrogens with zero attached hydrogens (tertiary/aromatic N) is 1. The molecule has 110 valence electrons. The second-order valence-corrected chi connectivity index (χ2v) is 5.70. The normalized spacial score (nSPS) is 10.4. The zero-order valence-corrected chi connectivity index (χ0v) is 13.4. The van der Waals surface area contributed by atoms with Crippen LogP contribution in [0.3, 0.4) is 0 Å². The largest absolute Gasteiger partial charge is 0.478 e. The maximum absolute atomic E-state index is 11.2. The summed E-state index contributed by atoms with van der Waals surface area (Å²) in [6.45, 7) is 2.17. The number of aryl methyl sites for hydroxylation is 1. The number of anilines is 2. The Labute approximate surface area is 132 Å². The smallest absolute Gasteiger partial charge is 0.339 e. The van der Waals surface area contributed by atoms with Crippen molar-refractivity contribution in [3.63, 3.8) is 0 Å². The topological polar surface area (TPSA) is 62.2 Å². The van der Waals surface area contributed by atoms with Crippen molar-refractivity contribution in [2.24, 2.45) is 0 Å². The molecule has 0 spiro atoms. The number of benzene rings is 1. The van der Waals surface area contributed by atoms with E-state index in [1.807, 2.05) is 12.1 Å². The quantitative estimate of drug-likeness (QED) is 0.798. The van der Waals surface area contributed by atoms with Gasteiger partial charge in [-0.25, -0.2) is 9.78 Å². The van der Waals surface area contributed by atoms with E-state index in [0.29, 0.717) is 10.3 Å². The second-order valence-electron chi connectivity index (χ2n) is 4.78. The first-order valence-corrected chi connectivity index (χ1v) is 7.64. The molecule has 0 amide bonds. The lowest BCUT2D eigenvalue weighted by Gasteiger charge is -2.09. The van der Waals surface area contributed by atoms with Gasteiger partial charge in [0.15, 0.2) is 0 Å². The zero-order valence-electron chi connectivity index (χ0n) is 11.8. The number of hydrogen-bond donors (Lipinski definition) is 2. The van der Waals surface area contributed by atoms with E-state index in [-0.39, 0.29) is 5.56 Å². The van der Waals surface area contributed by atoms with E-state index >= 15 is 0 Å². The molecule has 1 heterocycles. The van der Waals surface area contributed by atoms with Crippen LogP contribution in [-0.4, -0.2) is 16.1 Å². The van der Waals surface area contributed by atoms with Gasteiger partial charge in [0.1, 0.15) is 11.4 Å². The van der Waals surface area contributed by atoms with E-state index in [4.69, 9.17) is 0 Å². The number of hydrogen-bond acceptors (Lipinski definition) is 3. The molecular formula is C16H17BrN2O2. The summed E-state index contributed by atoms with van der Waals surface area (Å²) < 4.78 is 0.639. The second kappa shape index (κ2) is 7.22. The van der Waals surface area contributed by atoms with Gasteiger partial charge in [-0.05, 0) is 52.5 Å². The molecule has 0 aliphatic rings. The molecule has 4 nitrogen and oxygen atoms in total. The zero-order chi connectivity index (χ0) is 15.2. The van der Waals surface area contributed by atoms with Crippen molar-refractivity contribution in [2.75, 3.05) is 5.32 Å². The van der Waals surface area contributed by atoms with E-state index < -0.39 is 5.97 Å². The average molecular weight is 349 g/mol. The van der Waals surface area contributed by atoms with Gasteiger partial charge < -0.3 is 10.4 Å². The molecule has 0 saturated carbocycles. The molecule has 5 heteroatoms. The Bertz CT molecular complexity index is 627. The fourth-order valence-electron chi connectivity index (χ4n) is 1.97. The predicted octanol–water partition coefficient (Wildman–Crippen LogP) is 4.63. The van der Waals surface area contributed by atoms with Crippen LogP contribution in [-0.2, 0) is 6.42 Å². The molecule has 1 aromatic carbocycles. The monoisotopic (exact) mass is 348 g/mol. The molecule has 0 bridgehead atoms. The summed E-state index contributed by atoms with van der Waals surface area (Å²) in [4.78, 5) is 15.4. The Kier molecular flexibility index (Phi) is 5.33. The predicted molar refractivity (Wildman–Crippen MR) is 87.2 cm³/mol. The van der Waals surface area contributed by atoms with Gasteiger partial charge >= 0.3 is 5.97 Å². The highest BCUT2D eigenvalue weighted by atomic mass is 79.9. The highest BCUT2D eigenvalue weighted by Gasteiger charge is 2.12. The Morgan fingerprint density at radius 2 is 2.05 bits per heavy atom. The van der Waals surface area contributed by atoms with Crippen LogP contribution < -0.4 is 5.32 Å². The molecule has 2 N–H and O–H groups in total. The number of carbonyl (C=O) groups is 1. The fourth-order valence-corrected chi connectivity index (χ4v) is 2.31. The number of aromatic carboxylic acids is 1. The molecule has 2 rings (SSSR count). The Morgan fingerprint density at radius 3 is 2.67 bits per heavy atom. The number of carboxylic acids is 1. The van der Waals surface area contributed by atoms with E-state index in [9.17, 15) is 9.90 Å². The number of rotatable bonds is 6. The van der Waals surface area contributed by atoms with Gasteiger partial charge in [0.25, 0.3) is 0 Å². The van der Waals surface area contributed by atoms with Gasteiger partial charge in [0.2, 0.25) is 0 Å². The summed E-state index contributed by atoms with van der Waals surface area (Å²) in [5, 5.41) is 12.3. The minimum absolute atomic E-state index is 0.138. The third-order valence-corrected chi connectivity index (χ3v) is 3.55. The third-order valence-electron chi connectivity index (χ3n) is 3.12. The number of carboxylic acid groups (broad SMARTS) is 1. The molecular weight excluding hydrogens is 332 g/mol. The van der Waals surface area contributed by atoms with Crippen LogP contribution in [0.25, 0.3) is 0 Å².